The van der Waals surface area contributed by atoms with E-state index in [9.17, 15) is 74.9 Å². The van der Waals surface area contributed by atoms with Crippen molar-refractivity contribution in [1.82, 2.24) is 0 Å². The first-order valence-electron chi connectivity index (χ1n) is 38.0. The third kappa shape index (κ3) is 38.5. The van der Waals surface area contributed by atoms with Crippen molar-refractivity contribution < 1.29 is 117 Å². The summed E-state index contributed by atoms with van der Waals surface area (Å²) in [6.07, 6.45) is 20.2. The number of unbranched alkanes of at least 4 members (excludes halogenated alkanes) is 35. The zero-order valence-electron chi connectivity index (χ0n) is 60.0. The lowest BCUT2D eigenvalue weighted by Crippen LogP contribution is -2.69. The van der Waals surface area contributed by atoms with Gasteiger partial charge in [0.25, 0.3) is 0 Å². The lowest BCUT2D eigenvalue weighted by atomic mass is 9.84. The van der Waals surface area contributed by atoms with Crippen LogP contribution in [0.3, 0.4) is 0 Å². The second kappa shape index (κ2) is 55.4. The summed E-state index contributed by atoms with van der Waals surface area (Å²) in [6.45, 7) is 3.25. The Bertz CT molecular complexity index is 2240. The summed E-state index contributed by atoms with van der Waals surface area (Å²) in [4.78, 5) is 50.8. The van der Waals surface area contributed by atoms with Crippen LogP contribution in [0.15, 0.2) is 48.6 Å². The number of phosphoric ester groups is 1. The average Bonchev–Trinajstić information content (AvgIpc) is 0.763. The monoisotopic (exact) mass is 1430 g/mol. The first-order chi connectivity index (χ1) is 47.8. The molecule has 2 heterocycles. The Morgan fingerprint density at radius 3 is 1.19 bits per heavy atom. The Kier molecular flexibility index (Phi) is 50.5. The molecule has 18 unspecified atom stereocenters. The zero-order chi connectivity index (χ0) is 72.5. The van der Waals surface area contributed by atoms with Crippen LogP contribution in [0.2, 0.25) is 0 Å². The Hall–Kier alpha value is -3.08. The largest absolute Gasteiger partial charge is 0.472 e. The molecule has 25 heteroatoms. The van der Waals surface area contributed by atoms with Crippen molar-refractivity contribution in [3.8, 4) is 0 Å². The van der Waals surface area contributed by atoms with Gasteiger partial charge in [-0.15, -0.1) is 0 Å². The molecule has 18 atom stereocenters. The van der Waals surface area contributed by atoms with E-state index < -0.39 is 156 Å². The van der Waals surface area contributed by atoms with E-state index in [-0.39, 0.29) is 6.42 Å². The Morgan fingerprint density at radius 2 is 0.778 bits per heavy atom. The van der Waals surface area contributed by atoms with Crippen LogP contribution >= 0.6 is 7.82 Å². The zero-order valence-corrected chi connectivity index (χ0v) is 60.9. The summed E-state index contributed by atoms with van der Waals surface area (Å²) in [5.41, 5.74) is 0. The molecule has 0 aromatic carbocycles. The molecule has 0 aromatic rings. The number of rotatable bonds is 58. The number of hydrogen-bond acceptors (Lipinski definition) is 23. The lowest BCUT2D eigenvalue weighted by molar-refractivity contribution is -0.360. The molecule has 576 valence electrons. The van der Waals surface area contributed by atoms with Crippen molar-refractivity contribution in [1.29, 1.82) is 0 Å². The van der Waals surface area contributed by atoms with Crippen molar-refractivity contribution in [2.24, 2.45) is 0 Å². The van der Waals surface area contributed by atoms with Gasteiger partial charge in [0, 0.05) is 18.6 Å². The minimum absolute atomic E-state index is 0.0242. The van der Waals surface area contributed by atoms with E-state index in [0.717, 1.165) is 95.6 Å². The van der Waals surface area contributed by atoms with E-state index in [1.54, 1.807) is 12.2 Å². The number of phosphoric acid groups is 1. The second-order valence-corrected chi connectivity index (χ2v) is 28.6. The molecular formula is C74H131O24P. The minimum atomic E-state index is -5.73. The third-order valence-corrected chi connectivity index (χ3v) is 19.5. The number of carbonyl (C=O) groups is 3. The molecule has 99 heavy (non-hydrogen) atoms. The van der Waals surface area contributed by atoms with Crippen LogP contribution in [0.5, 0.6) is 0 Å². The molecule has 0 amide bonds. The summed E-state index contributed by atoms with van der Waals surface area (Å²) in [5.74, 6) is -2.48. The van der Waals surface area contributed by atoms with Gasteiger partial charge < -0.3 is 89.1 Å². The predicted octanol–water partition coefficient (Wildman–Crippen LogP) is 10.5. The van der Waals surface area contributed by atoms with Crippen molar-refractivity contribution in [2.75, 3.05) is 26.4 Å². The fourth-order valence-electron chi connectivity index (χ4n) is 12.3. The minimum Gasteiger partial charge on any atom is -0.462 e. The summed E-state index contributed by atoms with van der Waals surface area (Å²) < 4.78 is 64.6. The third-order valence-electron chi connectivity index (χ3n) is 18.5. The fraction of sp³-hybridized carbons (Fsp3) is 0.851. The van der Waals surface area contributed by atoms with E-state index in [0.29, 0.717) is 6.42 Å². The van der Waals surface area contributed by atoms with Gasteiger partial charge in [0.1, 0.15) is 98.7 Å². The van der Waals surface area contributed by atoms with E-state index >= 15 is 0 Å². The topological polar surface area (TPSA) is 374 Å². The quantitative estimate of drug-likeness (QED) is 0.00673. The molecule has 0 bridgehead atoms. The second-order valence-electron chi connectivity index (χ2n) is 27.2. The molecule has 3 rings (SSSR count). The summed E-state index contributed by atoms with van der Waals surface area (Å²) in [6, 6.07) is 0. The number of hydrogen-bond donors (Lipinski definition) is 11. The molecule has 2 saturated heterocycles. The molecule has 11 N–H and O–H groups in total. The number of ether oxygens (including phenoxy) is 7. The number of carbonyl (C=O) groups excluding carboxylic acids is 3. The molecule has 0 radical (unpaired) electrons. The number of esters is 3. The fourth-order valence-corrected chi connectivity index (χ4v) is 13.3. The molecule has 3 fully saturated rings. The van der Waals surface area contributed by atoms with Crippen molar-refractivity contribution in [3.63, 3.8) is 0 Å². The molecule has 1 saturated carbocycles. The molecule has 0 spiro atoms. The van der Waals surface area contributed by atoms with Crippen LogP contribution in [-0.2, 0) is 61.2 Å². The summed E-state index contributed by atoms with van der Waals surface area (Å²) in [7, 11) is -5.73. The normalized spacial score (nSPS) is 27.7. The highest BCUT2D eigenvalue weighted by Crippen LogP contribution is 2.49. The maximum Gasteiger partial charge on any atom is 0.472 e. The highest BCUT2D eigenvalue weighted by molar-refractivity contribution is 7.47. The lowest BCUT2D eigenvalue weighted by Gasteiger charge is -2.49. The van der Waals surface area contributed by atoms with Gasteiger partial charge in [-0.3, -0.25) is 13.8 Å². The molecular weight excluding hydrogens is 1300 g/mol. The standard InChI is InChI=1S/C74H131O24P/c1-4-7-10-13-16-19-22-25-28-31-34-37-40-43-46-49-59(77)91-54-57-62(80)64(82)69(87)74(95-57)97-71-67(85)65(83)66(84)70(96-73-68(86)63(81)61(79)56(51-75)94-73)72(71)98-99(88,89)92-53-55(52-90-58(76)48-45-42-39-36-33-30-27-24-21-18-15-12-9-6-3)93-60(78)50-47-44-41-38-35-32-29-26-23-20-17-14-11-8-5-2/h40-41,43-44,46-47,49-50,55-57,61-75,79-87H,4-39,42,45,48,51-54H2,1-3H3,(H,88,89)/b43-40+,44-41+,49-46+,50-47+. The number of aliphatic hydroxyl groups excluding tert-OH is 10. The van der Waals surface area contributed by atoms with Crippen LogP contribution in [0, 0.1) is 0 Å². The van der Waals surface area contributed by atoms with Gasteiger partial charge in [-0.1, -0.05) is 269 Å². The Morgan fingerprint density at radius 1 is 0.414 bits per heavy atom. The number of allylic oxidation sites excluding steroid dienone is 6. The Balaban J connectivity index is 1.77. The molecule has 1 aliphatic carbocycles. The smallest absolute Gasteiger partial charge is 0.462 e. The van der Waals surface area contributed by atoms with Crippen LogP contribution in [0.4, 0.5) is 0 Å². The maximum absolute atomic E-state index is 14.3. The van der Waals surface area contributed by atoms with Gasteiger partial charge >= 0.3 is 25.7 Å². The van der Waals surface area contributed by atoms with Crippen molar-refractivity contribution >= 4 is 25.7 Å². The van der Waals surface area contributed by atoms with Crippen LogP contribution in [-0.4, -0.2) is 204 Å². The van der Waals surface area contributed by atoms with Gasteiger partial charge in [0.15, 0.2) is 18.7 Å². The average molecular weight is 1440 g/mol. The van der Waals surface area contributed by atoms with Gasteiger partial charge in [0.2, 0.25) is 0 Å². The highest BCUT2D eigenvalue weighted by Gasteiger charge is 2.58. The maximum atomic E-state index is 14.3. The molecule has 3 aliphatic rings. The molecule has 0 aromatic heterocycles. The van der Waals surface area contributed by atoms with E-state index in [2.05, 4.69) is 20.8 Å². The van der Waals surface area contributed by atoms with Crippen LogP contribution < -0.4 is 0 Å². The van der Waals surface area contributed by atoms with Crippen molar-refractivity contribution in [2.45, 2.75) is 375 Å². The van der Waals surface area contributed by atoms with E-state index in [1.807, 2.05) is 12.2 Å². The highest BCUT2D eigenvalue weighted by atomic mass is 31.2. The Labute approximate surface area is 590 Å². The van der Waals surface area contributed by atoms with Crippen LogP contribution in [0.25, 0.3) is 0 Å². The summed E-state index contributed by atoms with van der Waals surface area (Å²) >= 11 is 0. The van der Waals surface area contributed by atoms with E-state index in [1.165, 1.54) is 166 Å². The summed E-state index contributed by atoms with van der Waals surface area (Å²) in [5, 5.41) is 110. The van der Waals surface area contributed by atoms with Gasteiger partial charge in [-0.05, 0) is 32.1 Å². The van der Waals surface area contributed by atoms with Gasteiger partial charge in [0.05, 0.1) is 13.2 Å². The molecule has 24 nitrogen and oxygen atoms in total. The predicted molar refractivity (Wildman–Crippen MR) is 374 cm³/mol. The van der Waals surface area contributed by atoms with Gasteiger partial charge in [-0.2, -0.15) is 0 Å². The SMILES string of the molecule is CCCCCCCCCCCCC/C=C/C=C/C(=O)OCC1OC(OC2C(O)C(O)C(O)C(OC3OC(CO)C(O)C(O)C3O)C2OP(=O)(O)OCC(COC(=O)CCCCCCCCCCCCCCCC)OC(=O)/C=C/C=C/CCCCCCCCCCCCC)C(O)C(O)C1O. The molecule has 2 aliphatic heterocycles. The van der Waals surface area contributed by atoms with Crippen molar-refractivity contribution in [3.05, 3.63) is 48.6 Å². The van der Waals surface area contributed by atoms with Gasteiger partial charge in [-0.25, -0.2) is 14.2 Å². The number of aliphatic hydroxyl groups is 10. The van der Waals surface area contributed by atoms with E-state index in [4.69, 9.17) is 42.2 Å². The first-order valence-corrected chi connectivity index (χ1v) is 39.5. The van der Waals surface area contributed by atoms with Crippen LogP contribution in [0.1, 0.15) is 271 Å². The first kappa shape index (κ1) is 90.1.